The first-order valence-electron chi connectivity index (χ1n) is 6.42. The molecule has 0 aromatic heterocycles. The van der Waals surface area contributed by atoms with Crippen molar-refractivity contribution in [1.82, 2.24) is 0 Å². The number of hydrogen-bond acceptors (Lipinski definition) is 4. The van der Waals surface area contributed by atoms with Gasteiger partial charge in [0.25, 0.3) is 0 Å². The average molecular weight is 262 g/mol. The number of ether oxygens (including phenoxy) is 1. The Morgan fingerprint density at radius 1 is 1.26 bits per heavy atom. The van der Waals surface area contributed by atoms with Crippen LogP contribution in [0.25, 0.3) is 0 Å². The van der Waals surface area contributed by atoms with Crippen LogP contribution < -0.4 is 5.43 Å². The lowest BCUT2D eigenvalue weighted by atomic mass is 9.87. The van der Waals surface area contributed by atoms with E-state index >= 15 is 0 Å². The molecule has 0 saturated carbocycles. The van der Waals surface area contributed by atoms with E-state index in [2.05, 4.69) is 43.4 Å². The molecule has 0 fully saturated rings. The highest BCUT2D eigenvalue weighted by Gasteiger charge is 2.12. The molecule has 0 aliphatic carbocycles. The largest absolute Gasteiger partial charge is 0.461 e. The molecule has 4 heteroatoms. The van der Waals surface area contributed by atoms with Crippen LogP contribution in [0.15, 0.2) is 29.4 Å². The minimum Gasteiger partial charge on any atom is -0.461 e. The fraction of sp³-hybridized carbons (Fsp3) is 0.467. The molecule has 0 amide bonds. The third-order valence-electron chi connectivity index (χ3n) is 2.67. The molecule has 0 spiro atoms. The van der Waals surface area contributed by atoms with Gasteiger partial charge in [-0.3, -0.25) is 5.43 Å². The number of esters is 1. The average Bonchev–Trinajstić information content (AvgIpc) is 2.35. The minimum absolute atomic E-state index is 0.128. The van der Waals surface area contributed by atoms with E-state index in [1.165, 1.54) is 5.56 Å². The summed E-state index contributed by atoms with van der Waals surface area (Å²) in [6.07, 6.45) is 0. The normalized spacial score (nSPS) is 12.2. The van der Waals surface area contributed by atoms with Gasteiger partial charge >= 0.3 is 5.97 Å². The van der Waals surface area contributed by atoms with Crippen molar-refractivity contribution in [2.45, 2.75) is 40.0 Å². The number of rotatable bonds is 4. The first kappa shape index (κ1) is 15.2. The van der Waals surface area contributed by atoms with E-state index in [4.69, 9.17) is 4.74 Å². The van der Waals surface area contributed by atoms with Crippen LogP contribution in [0.3, 0.4) is 0 Å². The van der Waals surface area contributed by atoms with Gasteiger partial charge in [0.05, 0.1) is 12.3 Å². The van der Waals surface area contributed by atoms with Crippen molar-refractivity contribution in [1.29, 1.82) is 0 Å². The summed E-state index contributed by atoms with van der Waals surface area (Å²) in [5.41, 5.74) is 5.38. The zero-order valence-corrected chi connectivity index (χ0v) is 12.3. The Labute approximate surface area is 114 Å². The third kappa shape index (κ3) is 4.73. The van der Waals surface area contributed by atoms with Gasteiger partial charge < -0.3 is 4.74 Å². The maximum absolute atomic E-state index is 11.4. The summed E-state index contributed by atoms with van der Waals surface area (Å²) in [5, 5.41) is 4.00. The molecule has 1 N–H and O–H groups in total. The first-order valence-corrected chi connectivity index (χ1v) is 6.42. The van der Waals surface area contributed by atoms with Crippen LogP contribution >= 0.6 is 0 Å². The Balaban J connectivity index is 2.69. The molecule has 0 unspecified atom stereocenters. The SMILES string of the molecule is CCOC(=O)C(C)=NNc1ccc(C(C)(C)C)cc1. The maximum atomic E-state index is 11.4. The summed E-state index contributed by atoms with van der Waals surface area (Å²) in [4.78, 5) is 11.4. The van der Waals surface area contributed by atoms with Crippen molar-refractivity contribution in [2.24, 2.45) is 5.10 Å². The molecular weight excluding hydrogens is 240 g/mol. The molecule has 1 aromatic rings. The molecule has 4 nitrogen and oxygen atoms in total. The fourth-order valence-corrected chi connectivity index (χ4v) is 1.47. The lowest BCUT2D eigenvalue weighted by molar-refractivity contribution is -0.135. The molecule has 1 aromatic carbocycles. The second-order valence-corrected chi connectivity index (χ2v) is 5.36. The van der Waals surface area contributed by atoms with Crippen molar-refractivity contribution in [3.05, 3.63) is 29.8 Å². The monoisotopic (exact) mass is 262 g/mol. The van der Waals surface area contributed by atoms with E-state index in [1.807, 2.05) is 12.1 Å². The number of carbonyl (C=O) groups is 1. The summed E-state index contributed by atoms with van der Waals surface area (Å²) < 4.78 is 4.85. The molecule has 0 bridgehead atoms. The van der Waals surface area contributed by atoms with Crippen LogP contribution in [0.5, 0.6) is 0 Å². The number of carbonyl (C=O) groups excluding carboxylic acids is 1. The van der Waals surface area contributed by atoms with Crippen LogP contribution in [0, 0.1) is 0 Å². The van der Waals surface area contributed by atoms with Gasteiger partial charge in [-0.1, -0.05) is 32.9 Å². The number of anilines is 1. The van der Waals surface area contributed by atoms with Crippen LogP contribution in [-0.4, -0.2) is 18.3 Å². The molecule has 0 radical (unpaired) electrons. The van der Waals surface area contributed by atoms with Crippen LogP contribution in [0.1, 0.15) is 40.2 Å². The highest BCUT2D eigenvalue weighted by atomic mass is 16.5. The number of benzene rings is 1. The predicted octanol–water partition coefficient (Wildman–Crippen LogP) is 3.34. The summed E-state index contributed by atoms with van der Waals surface area (Å²) in [6, 6.07) is 8.00. The molecule has 1 rings (SSSR count). The third-order valence-corrected chi connectivity index (χ3v) is 2.67. The number of hydrogen-bond donors (Lipinski definition) is 1. The number of nitrogens with one attached hydrogen (secondary N) is 1. The zero-order valence-electron chi connectivity index (χ0n) is 12.3. The van der Waals surface area contributed by atoms with E-state index in [1.54, 1.807) is 13.8 Å². The Hall–Kier alpha value is -1.84. The van der Waals surface area contributed by atoms with Crippen molar-refractivity contribution in [3.8, 4) is 0 Å². The number of hydrazone groups is 1. The van der Waals surface area contributed by atoms with Crippen molar-refractivity contribution in [2.75, 3.05) is 12.0 Å². The van der Waals surface area contributed by atoms with E-state index in [0.29, 0.717) is 12.3 Å². The van der Waals surface area contributed by atoms with Crippen LogP contribution in [0.2, 0.25) is 0 Å². The summed E-state index contributed by atoms with van der Waals surface area (Å²) in [6.45, 7) is 10.2. The van der Waals surface area contributed by atoms with E-state index in [-0.39, 0.29) is 5.41 Å². The minimum atomic E-state index is -0.402. The summed E-state index contributed by atoms with van der Waals surface area (Å²) in [5.74, 6) is -0.402. The lowest BCUT2D eigenvalue weighted by Crippen LogP contribution is -2.15. The van der Waals surface area contributed by atoms with Crippen LogP contribution in [-0.2, 0) is 14.9 Å². The molecule has 19 heavy (non-hydrogen) atoms. The van der Waals surface area contributed by atoms with E-state index < -0.39 is 5.97 Å². The summed E-state index contributed by atoms with van der Waals surface area (Å²) >= 11 is 0. The Morgan fingerprint density at radius 3 is 2.32 bits per heavy atom. The number of nitrogens with zero attached hydrogens (tertiary/aromatic N) is 1. The van der Waals surface area contributed by atoms with Gasteiger partial charge in [-0.25, -0.2) is 4.79 Å². The quantitative estimate of drug-likeness (QED) is 0.514. The molecule has 104 valence electrons. The summed E-state index contributed by atoms with van der Waals surface area (Å²) in [7, 11) is 0. The van der Waals surface area contributed by atoms with Gasteiger partial charge in [0, 0.05) is 0 Å². The van der Waals surface area contributed by atoms with Crippen molar-refractivity contribution < 1.29 is 9.53 Å². The van der Waals surface area contributed by atoms with Gasteiger partial charge in [0.2, 0.25) is 0 Å². The molecule has 0 aliphatic heterocycles. The van der Waals surface area contributed by atoms with Gasteiger partial charge in [-0.2, -0.15) is 5.10 Å². The topological polar surface area (TPSA) is 50.7 Å². The molecule has 0 atom stereocenters. The van der Waals surface area contributed by atoms with E-state index in [9.17, 15) is 4.79 Å². The lowest BCUT2D eigenvalue weighted by Gasteiger charge is -2.19. The maximum Gasteiger partial charge on any atom is 0.354 e. The second-order valence-electron chi connectivity index (χ2n) is 5.36. The van der Waals surface area contributed by atoms with Gasteiger partial charge in [-0.15, -0.1) is 0 Å². The van der Waals surface area contributed by atoms with Gasteiger partial charge in [-0.05, 0) is 37.0 Å². The Kier molecular flexibility index (Phi) is 5.10. The predicted molar refractivity (Wildman–Crippen MR) is 78.5 cm³/mol. The first-order chi connectivity index (χ1) is 8.84. The van der Waals surface area contributed by atoms with Crippen molar-refractivity contribution in [3.63, 3.8) is 0 Å². The molecular formula is C15H22N2O2. The highest BCUT2D eigenvalue weighted by molar-refractivity contribution is 6.35. The van der Waals surface area contributed by atoms with Gasteiger partial charge in [0.1, 0.15) is 5.71 Å². The van der Waals surface area contributed by atoms with E-state index in [0.717, 1.165) is 5.69 Å². The zero-order chi connectivity index (χ0) is 14.5. The van der Waals surface area contributed by atoms with Crippen molar-refractivity contribution >= 4 is 17.4 Å². The fourth-order valence-electron chi connectivity index (χ4n) is 1.47. The van der Waals surface area contributed by atoms with Crippen LogP contribution in [0.4, 0.5) is 5.69 Å². The Morgan fingerprint density at radius 2 is 1.84 bits per heavy atom. The second kappa shape index (κ2) is 6.36. The molecule has 0 saturated heterocycles. The molecule has 0 heterocycles. The van der Waals surface area contributed by atoms with Gasteiger partial charge in [0.15, 0.2) is 0 Å². The Bertz CT molecular complexity index is 456. The standard InChI is InChI=1S/C15H22N2O2/c1-6-19-14(18)11(2)16-17-13-9-7-12(8-10-13)15(3,4)5/h7-10,17H,6H2,1-5H3. The smallest absolute Gasteiger partial charge is 0.354 e. The molecule has 0 aliphatic rings. The highest BCUT2D eigenvalue weighted by Crippen LogP contribution is 2.23.